The number of rotatable bonds is 19. The van der Waals surface area contributed by atoms with Gasteiger partial charge in [-0.05, 0) is 132 Å². The van der Waals surface area contributed by atoms with Crippen molar-refractivity contribution in [3.63, 3.8) is 0 Å². The van der Waals surface area contributed by atoms with Crippen molar-refractivity contribution in [2.24, 2.45) is 0 Å². The second kappa shape index (κ2) is 22.8. The third kappa shape index (κ3) is 12.1. The smallest absolute Gasteiger partial charge is 0.415 e. The van der Waals surface area contributed by atoms with Gasteiger partial charge < -0.3 is 49.3 Å². The van der Waals surface area contributed by atoms with Crippen LogP contribution in [-0.4, -0.2) is 124 Å². The van der Waals surface area contributed by atoms with Crippen LogP contribution in [0.25, 0.3) is 0 Å². The summed E-state index contributed by atoms with van der Waals surface area (Å²) in [5, 5.41) is 44.8. The lowest BCUT2D eigenvalue weighted by atomic mass is 9.84. The highest BCUT2D eigenvalue weighted by Gasteiger charge is 2.47. The highest BCUT2D eigenvalue weighted by Crippen LogP contribution is 2.49. The van der Waals surface area contributed by atoms with Crippen molar-refractivity contribution >= 4 is 34.7 Å². The zero-order chi connectivity index (χ0) is 52.2. The highest BCUT2D eigenvalue weighted by molar-refractivity contribution is 7.85. The quantitative estimate of drug-likeness (QED) is 0.0975. The first-order valence-corrected chi connectivity index (χ1v) is 27.1. The van der Waals surface area contributed by atoms with Crippen LogP contribution in [0.5, 0.6) is 23.0 Å². The monoisotopic (exact) mass is 1010 g/mol. The fourth-order valence-electron chi connectivity index (χ4n) is 10.5. The standard InChI is InChI=1S/C56H75N3O12S/c1-34(2)14-9-16-36(5)18-11-21-55(7)47(61)30-40-45(60)28-38-43(49(40)70-55)33-59(52(38)64)44(53(65)66)20-13-23-58-32-42-39(51(58)63)29-46(69-54(67)57-24-26-72(68)27-25-57)41-31-48(62)56(8,71-50(41)42)22-12-19-37(6)17-10-15-35(3)4/h14-15,18-19,28-29,44,47-48,60-62H,9-13,16-17,20-27,30-33H2,1-8H3,(H,65,66)/b36-18+,37-19+/t44-,47-,48-,55+,56+/m0/s1. The third-order valence-electron chi connectivity index (χ3n) is 15.1. The Balaban J connectivity index is 1.06. The van der Waals surface area contributed by atoms with E-state index in [0.717, 1.165) is 25.7 Å². The van der Waals surface area contributed by atoms with Crippen LogP contribution in [0.3, 0.4) is 0 Å². The molecular formula is C56H75N3O12S. The van der Waals surface area contributed by atoms with Gasteiger partial charge in [-0.3, -0.25) is 13.8 Å². The Morgan fingerprint density at radius 1 is 0.764 bits per heavy atom. The summed E-state index contributed by atoms with van der Waals surface area (Å²) < 4.78 is 31.4. The fraction of sp³-hybridized carbons (Fsp3) is 0.571. The molecule has 1 saturated heterocycles. The molecule has 2 aromatic carbocycles. The molecule has 7 rings (SSSR count). The largest absolute Gasteiger partial charge is 0.508 e. The first kappa shape index (κ1) is 54.3. The number of fused-ring (bicyclic) bond motifs is 6. The number of carboxylic acid groups (broad SMARTS) is 1. The molecule has 72 heavy (non-hydrogen) atoms. The SMILES string of the molecule is CC(C)=CCC/C(C)=C/CC[C@@]1(C)Oc2c(c(O)cc3c2CN([C@@H](CCCN2Cc4c(cc(OC(=O)N5CCS(=O)CC5)c5c4O[C@](C)(CC/C=C(\C)CCC=C(C)C)[C@@H](O)C5)C2=O)C(=O)O)C3=O)C[C@@H]1O. The van der Waals surface area contributed by atoms with Gasteiger partial charge in [0.1, 0.15) is 40.2 Å². The number of allylic oxidation sites excluding steroid dienone is 8. The van der Waals surface area contributed by atoms with Crippen molar-refractivity contribution in [3.8, 4) is 23.0 Å². The number of amides is 3. The normalized spacial score (nSPS) is 23.4. The third-order valence-corrected chi connectivity index (χ3v) is 16.4. The Hall–Kier alpha value is -5.45. The zero-order valence-corrected chi connectivity index (χ0v) is 44.3. The summed E-state index contributed by atoms with van der Waals surface area (Å²) in [5.74, 6) is -0.894. The predicted octanol–water partition coefficient (Wildman–Crippen LogP) is 8.86. The molecule has 0 aliphatic carbocycles. The maximum absolute atomic E-state index is 14.3. The average molecular weight is 1010 g/mol. The summed E-state index contributed by atoms with van der Waals surface area (Å²) in [7, 11) is -1.02. The molecule has 0 radical (unpaired) electrons. The molecule has 0 saturated carbocycles. The number of ether oxygens (including phenoxy) is 3. The van der Waals surface area contributed by atoms with E-state index in [1.54, 1.807) is 4.90 Å². The molecule has 15 nitrogen and oxygen atoms in total. The number of nitrogens with zero attached hydrogens (tertiary/aromatic N) is 3. The van der Waals surface area contributed by atoms with Gasteiger partial charge in [-0.2, -0.15) is 0 Å². The van der Waals surface area contributed by atoms with Crippen LogP contribution in [0.1, 0.15) is 163 Å². The Kier molecular flexibility index (Phi) is 17.2. The minimum absolute atomic E-state index is 0.00355. The summed E-state index contributed by atoms with van der Waals surface area (Å²) in [5.41, 5.74) is 5.25. The number of carbonyl (C=O) groups is 4. The molecule has 1 fully saturated rings. The molecule has 0 unspecified atom stereocenters. The lowest BCUT2D eigenvalue weighted by Gasteiger charge is -2.41. The van der Waals surface area contributed by atoms with Gasteiger partial charge in [0, 0.05) is 77.0 Å². The van der Waals surface area contributed by atoms with Crippen molar-refractivity contribution < 1.29 is 58.0 Å². The van der Waals surface area contributed by atoms with Gasteiger partial charge in [-0.1, -0.05) is 46.6 Å². The van der Waals surface area contributed by atoms with Crippen molar-refractivity contribution in [2.75, 3.05) is 31.1 Å². The lowest BCUT2D eigenvalue weighted by Crippen LogP contribution is -2.49. The Morgan fingerprint density at radius 2 is 1.29 bits per heavy atom. The molecule has 2 aromatic rings. The van der Waals surface area contributed by atoms with E-state index in [1.165, 1.54) is 44.2 Å². The van der Waals surface area contributed by atoms with Crippen LogP contribution in [0.15, 0.2) is 58.7 Å². The second-order valence-corrected chi connectivity index (χ2v) is 23.1. The molecule has 392 valence electrons. The zero-order valence-electron chi connectivity index (χ0n) is 43.4. The summed E-state index contributed by atoms with van der Waals surface area (Å²) in [4.78, 5) is 59.3. The van der Waals surface area contributed by atoms with Gasteiger partial charge >= 0.3 is 12.1 Å². The number of hydrogen-bond donors (Lipinski definition) is 4. The van der Waals surface area contributed by atoms with Crippen LogP contribution in [-0.2, 0) is 41.5 Å². The molecule has 0 bridgehead atoms. The number of aromatic hydroxyl groups is 1. The van der Waals surface area contributed by atoms with Gasteiger partial charge in [0.05, 0.1) is 36.4 Å². The molecule has 4 N–H and O–H groups in total. The maximum Gasteiger partial charge on any atom is 0.415 e. The minimum Gasteiger partial charge on any atom is -0.508 e. The van der Waals surface area contributed by atoms with E-state index < -0.39 is 58.2 Å². The first-order valence-electron chi connectivity index (χ1n) is 25.6. The van der Waals surface area contributed by atoms with E-state index in [1.807, 2.05) is 13.8 Å². The number of carbonyl (C=O) groups excluding carboxylic acids is 3. The number of aliphatic carboxylic acids is 1. The van der Waals surface area contributed by atoms with E-state index in [-0.39, 0.29) is 86.9 Å². The fourth-order valence-corrected chi connectivity index (χ4v) is 11.5. The van der Waals surface area contributed by atoms with Gasteiger partial charge in [-0.15, -0.1) is 0 Å². The molecule has 0 aromatic heterocycles. The highest BCUT2D eigenvalue weighted by atomic mass is 32.2. The van der Waals surface area contributed by atoms with Crippen LogP contribution in [0, 0.1) is 0 Å². The maximum atomic E-state index is 14.3. The van der Waals surface area contributed by atoms with Crippen LogP contribution in [0.2, 0.25) is 0 Å². The van der Waals surface area contributed by atoms with E-state index >= 15 is 0 Å². The van der Waals surface area contributed by atoms with Gasteiger partial charge in [0.15, 0.2) is 0 Å². The summed E-state index contributed by atoms with van der Waals surface area (Å²) >= 11 is 0. The molecule has 0 spiro atoms. The number of aliphatic hydroxyl groups excluding tert-OH is 2. The number of benzene rings is 2. The number of aliphatic hydroxyl groups is 2. The van der Waals surface area contributed by atoms with Crippen LogP contribution < -0.4 is 14.2 Å². The lowest BCUT2D eigenvalue weighted by molar-refractivity contribution is -0.142. The van der Waals surface area contributed by atoms with Gasteiger partial charge in [0.25, 0.3) is 11.8 Å². The molecule has 3 amide bonds. The number of carboxylic acids is 1. The Labute approximate surface area is 427 Å². The average Bonchev–Trinajstić information content (AvgIpc) is 3.80. The Morgan fingerprint density at radius 3 is 1.85 bits per heavy atom. The van der Waals surface area contributed by atoms with E-state index in [4.69, 9.17) is 14.2 Å². The van der Waals surface area contributed by atoms with E-state index in [9.17, 15) is 43.8 Å². The summed E-state index contributed by atoms with van der Waals surface area (Å²) in [6.45, 7) is 16.8. The van der Waals surface area contributed by atoms with Crippen LogP contribution >= 0.6 is 0 Å². The molecule has 5 aliphatic heterocycles. The number of phenolic OH excluding ortho intramolecular Hbond substituents is 1. The van der Waals surface area contributed by atoms with Crippen LogP contribution in [0.4, 0.5) is 4.79 Å². The number of hydrogen-bond acceptors (Lipinski definition) is 11. The first-order chi connectivity index (χ1) is 34.1. The molecule has 5 atom stereocenters. The van der Waals surface area contributed by atoms with Crippen molar-refractivity contribution in [3.05, 3.63) is 92.1 Å². The topological polar surface area (TPSA) is 204 Å². The van der Waals surface area contributed by atoms with E-state index in [2.05, 4.69) is 65.8 Å². The molecular weight excluding hydrogens is 939 g/mol. The van der Waals surface area contributed by atoms with Crippen molar-refractivity contribution in [1.29, 1.82) is 0 Å². The predicted molar refractivity (Wildman–Crippen MR) is 276 cm³/mol. The molecule has 16 heteroatoms. The molecule has 5 aliphatic rings. The Bertz CT molecular complexity index is 2580. The van der Waals surface area contributed by atoms with Gasteiger partial charge in [0.2, 0.25) is 0 Å². The summed E-state index contributed by atoms with van der Waals surface area (Å²) in [6.07, 6.45) is 12.6. The van der Waals surface area contributed by atoms with E-state index in [0.29, 0.717) is 70.9 Å². The summed E-state index contributed by atoms with van der Waals surface area (Å²) in [6, 6.07) is 1.59. The molecule has 5 heterocycles. The van der Waals surface area contributed by atoms with Crippen molar-refractivity contribution in [1.82, 2.24) is 14.7 Å². The van der Waals surface area contributed by atoms with Crippen molar-refractivity contribution in [2.45, 2.75) is 175 Å². The van der Waals surface area contributed by atoms with Gasteiger partial charge in [-0.25, -0.2) is 9.59 Å². The number of phenols is 1. The second-order valence-electron chi connectivity index (χ2n) is 21.4. The minimum atomic E-state index is -1.27.